The van der Waals surface area contributed by atoms with E-state index in [9.17, 15) is 14.4 Å². The highest BCUT2D eigenvalue weighted by molar-refractivity contribution is 5.88. The van der Waals surface area contributed by atoms with Crippen molar-refractivity contribution in [2.75, 3.05) is 0 Å². The van der Waals surface area contributed by atoms with Crippen LogP contribution in [0.4, 0.5) is 0 Å². The summed E-state index contributed by atoms with van der Waals surface area (Å²) in [6, 6.07) is 18.6. The van der Waals surface area contributed by atoms with Gasteiger partial charge in [-0.1, -0.05) is 42.5 Å². The summed E-state index contributed by atoms with van der Waals surface area (Å²) in [6.45, 7) is 3.44. The Morgan fingerprint density at radius 2 is 1.62 bits per heavy atom. The molecule has 0 radical (unpaired) electrons. The number of aliphatic hydroxyl groups is 1. The zero-order chi connectivity index (χ0) is 24.6. The predicted octanol–water partition coefficient (Wildman–Crippen LogP) is 2.77. The summed E-state index contributed by atoms with van der Waals surface area (Å²) >= 11 is 0. The van der Waals surface area contributed by atoms with E-state index >= 15 is 0 Å². The molecule has 0 saturated carbocycles. The van der Waals surface area contributed by atoms with Crippen LogP contribution >= 0.6 is 0 Å². The molecule has 5 N–H and O–H groups in total. The Bertz CT molecular complexity index is 1250. The molecule has 178 valence electrons. The monoisotopic (exact) mass is 466 g/mol. The summed E-state index contributed by atoms with van der Waals surface area (Å²) < 4.78 is 0. The van der Waals surface area contributed by atoms with E-state index in [2.05, 4.69) is 65.3 Å². The molecule has 34 heavy (non-hydrogen) atoms. The van der Waals surface area contributed by atoms with Crippen molar-refractivity contribution in [1.82, 2.24) is 9.88 Å². The number of carbonyl (C=O) groups is 3. The summed E-state index contributed by atoms with van der Waals surface area (Å²) in [4.78, 5) is 36.8. The predicted molar refractivity (Wildman–Crippen MR) is 122 cm³/mol. The minimum Gasteiger partial charge on any atom is -0.481 e. The number of carboxylic acids is 3. The summed E-state index contributed by atoms with van der Waals surface area (Å²) in [5, 5.41) is 35.2. The van der Waals surface area contributed by atoms with Gasteiger partial charge in [0.25, 0.3) is 0 Å². The van der Waals surface area contributed by atoms with Crippen molar-refractivity contribution < 1.29 is 34.8 Å². The number of nitrogens with one attached hydrogen (secondary N) is 1. The van der Waals surface area contributed by atoms with Crippen molar-refractivity contribution in [2.24, 2.45) is 0 Å². The molecular weight excluding hydrogens is 440 g/mol. The van der Waals surface area contributed by atoms with Crippen LogP contribution in [0.5, 0.6) is 0 Å². The number of rotatable bonds is 5. The number of benzene rings is 2. The van der Waals surface area contributed by atoms with Crippen LogP contribution in [-0.2, 0) is 27.3 Å². The molecule has 3 heterocycles. The van der Waals surface area contributed by atoms with Gasteiger partial charge in [-0.05, 0) is 36.1 Å². The van der Waals surface area contributed by atoms with Gasteiger partial charge in [0.2, 0.25) is 0 Å². The first-order valence-electron chi connectivity index (χ1n) is 10.9. The first-order chi connectivity index (χ1) is 16.1. The molecule has 9 nitrogen and oxygen atoms in total. The Balaban J connectivity index is 0.000000185. The SMILES string of the molecule is CC1Cc2c([nH]c3ccccc23)C2c3ccccc3CN12.O=C(O)CC(O)(CC(=O)O)C(=O)O. The van der Waals surface area contributed by atoms with Crippen LogP contribution in [0.2, 0.25) is 0 Å². The third-order valence-corrected chi connectivity index (χ3v) is 6.51. The van der Waals surface area contributed by atoms with E-state index in [1.54, 1.807) is 0 Å². The van der Waals surface area contributed by atoms with Crippen LogP contribution in [0.15, 0.2) is 48.5 Å². The molecule has 2 aliphatic rings. The van der Waals surface area contributed by atoms with Gasteiger partial charge in [0, 0.05) is 29.2 Å². The Labute approximate surface area is 195 Å². The quantitative estimate of drug-likeness (QED) is 0.385. The number of hydrogen-bond donors (Lipinski definition) is 5. The number of carboxylic acid groups (broad SMARTS) is 3. The summed E-state index contributed by atoms with van der Waals surface area (Å²) in [5.74, 6) is -5.02. The van der Waals surface area contributed by atoms with Gasteiger partial charge < -0.3 is 25.4 Å². The van der Waals surface area contributed by atoms with Crippen molar-refractivity contribution in [3.05, 3.63) is 70.9 Å². The molecule has 0 amide bonds. The zero-order valence-corrected chi connectivity index (χ0v) is 18.6. The van der Waals surface area contributed by atoms with Gasteiger partial charge in [-0.25, -0.2) is 4.79 Å². The summed E-state index contributed by atoms with van der Waals surface area (Å²) in [7, 11) is 0. The normalized spacial score (nSPS) is 18.9. The maximum absolute atomic E-state index is 10.3. The van der Waals surface area contributed by atoms with Gasteiger partial charge in [-0.2, -0.15) is 0 Å². The Kier molecular flexibility index (Phi) is 6.16. The highest BCUT2D eigenvalue weighted by Gasteiger charge is 2.41. The molecule has 2 aliphatic heterocycles. The third kappa shape index (κ3) is 4.27. The van der Waals surface area contributed by atoms with Crippen LogP contribution in [0.3, 0.4) is 0 Å². The van der Waals surface area contributed by atoms with E-state index in [-0.39, 0.29) is 0 Å². The first kappa shape index (κ1) is 23.5. The highest BCUT2D eigenvalue weighted by Crippen LogP contribution is 2.46. The topological polar surface area (TPSA) is 151 Å². The van der Waals surface area contributed by atoms with Crippen LogP contribution < -0.4 is 0 Å². The van der Waals surface area contributed by atoms with Crippen LogP contribution in [0, 0.1) is 0 Å². The lowest BCUT2D eigenvalue weighted by atomic mass is 9.91. The molecule has 0 spiro atoms. The highest BCUT2D eigenvalue weighted by atomic mass is 16.4. The van der Waals surface area contributed by atoms with E-state index in [1.165, 1.54) is 33.3 Å². The van der Waals surface area contributed by atoms with Crippen LogP contribution in [-0.4, -0.2) is 59.9 Å². The fraction of sp³-hybridized carbons (Fsp3) is 0.320. The van der Waals surface area contributed by atoms with Crippen LogP contribution in [0.25, 0.3) is 10.9 Å². The number of aromatic amines is 1. The molecule has 1 aromatic heterocycles. The van der Waals surface area contributed by atoms with E-state index in [0.29, 0.717) is 12.1 Å². The van der Waals surface area contributed by atoms with Gasteiger partial charge >= 0.3 is 17.9 Å². The lowest BCUT2D eigenvalue weighted by molar-refractivity contribution is -0.170. The van der Waals surface area contributed by atoms with Crippen molar-refractivity contribution in [3.8, 4) is 0 Å². The van der Waals surface area contributed by atoms with Gasteiger partial charge in [-0.3, -0.25) is 14.5 Å². The van der Waals surface area contributed by atoms with Crippen molar-refractivity contribution >= 4 is 28.8 Å². The fourth-order valence-corrected chi connectivity index (χ4v) is 4.94. The minimum atomic E-state index is -2.74. The van der Waals surface area contributed by atoms with Crippen molar-refractivity contribution in [3.63, 3.8) is 0 Å². The average molecular weight is 466 g/mol. The molecule has 2 aromatic carbocycles. The van der Waals surface area contributed by atoms with Crippen LogP contribution in [0.1, 0.15) is 48.2 Å². The molecule has 2 atom stereocenters. The fourth-order valence-electron chi connectivity index (χ4n) is 4.94. The second-order valence-electron chi connectivity index (χ2n) is 8.87. The van der Waals surface area contributed by atoms with Gasteiger partial charge in [0.15, 0.2) is 5.60 Å². The maximum atomic E-state index is 10.3. The zero-order valence-electron chi connectivity index (χ0n) is 18.6. The number of para-hydroxylation sites is 1. The molecule has 0 saturated heterocycles. The van der Waals surface area contributed by atoms with Gasteiger partial charge in [-0.15, -0.1) is 0 Å². The Morgan fingerprint density at radius 1 is 1.00 bits per heavy atom. The maximum Gasteiger partial charge on any atom is 0.336 e. The first-order valence-corrected chi connectivity index (χ1v) is 10.9. The van der Waals surface area contributed by atoms with Gasteiger partial charge in [0.05, 0.1) is 18.9 Å². The standard InChI is InChI=1S/C19H18N2.C6H8O7/c1-12-10-16-15-8-4-5-9-17(15)20-18(16)19-14-7-3-2-6-13(14)11-21(12)19;7-3(8)1-6(13,5(11)12)2-4(9)10/h2-9,12,19-20H,10-11H2,1H3;13H,1-2H2,(H,7,8)(H,9,10)(H,11,12). The van der Waals surface area contributed by atoms with E-state index in [0.717, 1.165) is 13.0 Å². The van der Waals surface area contributed by atoms with E-state index in [4.69, 9.17) is 20.4 Å². The summed E-state index contributed by atoms with van der Waals surface area (Å²) in [6.07, 6.45) is -1.15. The Morgan fingerprint density at radius 3 is 2.26 bits per heavy atom. The van der Waals surface area contributed by atoms with Gasteiger partial charge in [0.1, 0.15) is 0 Å². The molecule has 5 rings (SSSR count). The van der Waals surface area contributed by atoms with E-state index in [1.807, 2.05) is 0 Å². The number of fused-ring (bicyclic) bond motifs is 7. The summed E-state index contributed by atoms with van der Waals surface area (Å²) in [5.41, 5.74) is 4.45. The second kappa shape index (κ2) is 8.92. The molecule has 0 bridgehead atoms. The number of H-pyrrole nitrogens is 1. The smallest absolute Gasteiger partial charge is 0.336 e. The number of aromatic nitrogens is 1. The lowest BCUT2D eigenvalue weighted by Gasteiger charge is -2.36. The largest absolute Gasteiger partial charge is 0.481 e. The molecular formula is C25H26N2O7. The third-order valence-electron chi connectivity index (χ3n) is 6.51. The number of hydrogen-bond acceptors (Lipinski definition) is 5. The number of aliphatic carboxylic acids is 3. The molecule has 2 unspecified atom stereocenters. The second-order valence-corrected chi connectivity index (χ2v) is 8.87. The molecule has 3 aromatic rings. The number of nitrogens with zero attached hydrogens (tertiary/aromatic N) is 1. The van der Waals surface area contributed by atoms with Crippen molar-refractivity contribution in [1.29, 1.82) is 0 Å². The van der Waals surface area contributed by atoms with Crippen molar-refractivity contribution in [2.45, 2.75) is 50.4 Å². The van der Waals surface area contributed by atoms with E-state index < -0.39 is 36.4 Å². The Hall–Kier alpha value is -3.69. The molecule has 0 fully saturated rings. The molecule has 9 heteroatoms. The molecule has 0 aliphatic carbocycles. The lowest BCUT2D eigenvalue weighted by Crippen LogP contribution is -2.42. The minimum absolute atomic E-state index is 0.410. The average Bonchev–Trinajstić information content (AvgIpc) is 3.32.